The van der Waals surface area contributed by atoms with Gasteiger partial charge >= 0.3 is 5.97 Å². The fourth-order valence-electron chi connectivity index (χ4n) is 2.94. The minimum Gasteiger partial charge on any atom is -0.468 e. The molecule has 5 heteroatoms. The maximum absolute atomic E-state index is 12.5. The van der Waals surface area contributed by atoms with Crippen LogP contribution in [0.2, 0.25) is 19.6 Å². The van der Waals surface area contributed by atoms with Crippen LogP contribution in [0, 0.1) is 11.5 Å². The van der Waals surface area contributed by atoms with Crippen LogP contribution in [-0.4, -0.2) is 21.2 Å². The second-order valence-electron chi connectivity index (χ2n) is 6.93. The van der Waals surface area contributed by atoms with Crippen LogP contribution >= 0.6 is 27.3 Å². The molecule has 0 aromatic carbocycles. The van der Waals surface area contributed by atoms with Crippen molar-refractivity contribution in [1.29, 1.82) is 0 Å². The molecule has 0 spiro atoms. The zero-order chi connectivity index (χ0) is 16.4. The summed E-state index contributed by atoms with van der Waals surface area (Å²) in [4.78, 5) is 13.5. The molecule has 0 radical (unpaired) electrons. The monoisotopic (exact) mass is 398 g/mol. The highest BCUT2D eigenvalue weighted by molar-refractivity contribution is 9.11. The summed E-state index contributed by atoms with van der Waals surface area (Å²) in [7, 11) is 0.0945. The Morgan fingerprint density at radius 2 is 1.95 bits per heavy atom. The van der Waals surface area contributed by atoms with Crippen LogP contribution < -0.4 is 0 Å². The van der Waals surface area contributed by atoms with E-state index in [-0.39, 0.29) is 5.97 Å². The zero-order valence-electron chi connectivity index (χ0n) is 13.7. The Morgan fingerprint density at radius 3 is 2.50 bits per heavy atom. The van der Waals surface area contributed by atoms with Crippen LogP contribution in [0.4, 0.5) is 0 Å². The molecule has 0 atom stereocenters. The summed E-state index contributed by atoms with van der Waals surface area (Å²) in [5, 5.41) is 0. The van der Waals surface area contributed by atoms with Crippen LogP contribution in [0.3, 0.4) is 0 Å². The van der Waals surface area contributed by atoms with E-state index in [1.165, 1.54) is 13.5 Å². The number of thiophene rings is 1. The molecular formula is C17H23BrO2SSi. The molecule has 120 valence electrons. The number of carbonyl (C=O) groups excluding carboxylic acids is 1. The van der Waals surface area contributed by atoms with E-state index in [9.17, 15) is 4.79 Å². The minimum atomic E-state index is -1.40. The molecule has 22 heavy (non-hydrogen) atoms. The van der Waals surface area contributed by atoms with Crippen molar-refractivity contribution in [3.63, 3.8) is 0 Å². The van der Waals surface area contributed by atoms with E-state index in [2.05, 4.69) is 53.1 Å². The molecule has 2 nitrogen and oxygen atoms in total. The van der Waals surface area contributed by atoms with Gasteiger partial charge in [-0.3, -0.25) is 4.79 Å². The molecule has 0 aliphatic heterocycles. The van der Waals surface area contributed by atoms with Gasteiger partial charge in [0.15, 0.2) is 0 Å². The molecule has 0 amide bonds. The maximum Gasteiger partial charge on any atom is 0.316 e. The standard InChI is InChI=1S/C17H23BrO2SSi/c1-20-16(19)17(9-6-5-7-10-17)14-12-13(21-15(14)18)8-11-22(2,3)4/h12H,5-7,9-10H2,1-4H3. The third-order valence-electron chi connectivity index (χ3n) is 4.05. The first kappa shape index (κ1) is 17.8. The van der Waals surface area contributed by atoms with E-state index in [1.807, 2.05) is 0 Å². The largest absolute Gasteiger partial charge is 0.468 e. The molecular weight excluding hydrogens is 376 g/mol. The molecule has 1 fully saturated rings. The molecule has 1 aliphatic rings. The Hall–Kier alpha value is -0.573. The Balaban J connectivity index is 2.42. The molecule has 2 rings (SSSR count). The average molecular weight is 399 g/mol. The smallest absolute Gasteiger partial charge is 0.316 e. The van der Waals surface area contributed by atoms with Gasteiger partial charge in [0.05, 0.1) is 21.2 Å². The first-order valence-corrected chi connectivity index (χ1v) is 12.8. The molecule has 1 heterocycles. The van der Waals surface area contributed by atoms with Gasteiger partial charge in [0, 0.05) is 0 Å². The Morgan fingerprint density at radius 1 is 1.32 bits per heavy atom. The van der Waals surface area contributed by atoms with E-state index < -0.39 is 13.5 Å². The molecule has 1 aromatic rings. The Labute approximate surface area is 146 Å². The van der Waals surface area contributed by atoms with E-state index in [0.717, 1.165) is 39.9 Å². The van der Waals surface area contributed by atoms with Crippen molar-refractivity contribution >= 4 is 41.3 Å². The lowest BCUT2D eigenvalue weighted by Crippen LogP contribution is -2.38. The third kappa shape index (κ3) is 3.84. The van der Waals surface area contributed by atoms with Crippen LogP contribution in [0.5, 0.6) is 0 Å². The Kier molecular flexibility index (Phi) is 5.57. The predicted octanol–water partition coefficient (Wildman–Crippen LogP) is 5.11. The number of esters is 1. The highest BCUT2D eigenvalue weighted by atomic mass is 79.9. The van der Waals surface area contributed by atoms with Gasteiger partial charge in [0.25, 0.3) is 0 Å². The van der Waals surface area contributed by atoms with Gasteiger partial charge < -0.3 is 4.74 Å². The van der Waals surface area contributed by atoms with Gasteiger partial charge in [0.2, 0.25) is 0 Å². The fraction of sp³-hybridized carbons (Fsp3) is 0.588. The Bertz CT molecular complexity index is 613. The van der Waals surface area contributed by atoms with Crippen molar-refractivity contribution in [2.24, 2.45) is 0 Å². The highest BCUT2D eigenvalue weighted by Gasteiger charge is 2.44. The number of rotatable bonds is 2. The van der Waals surface area contributed by atoms with Gasteiger partial charge in [-0.1, -0.05) is 44.8 Å². The molecule has 1 saturated carbocycles. The van der Waals surface area contributed by atoms with Crippen molar-refractivity contribution in [3.8, 4) is 11.5 Å². The van der Waals surface area contributed by atoms with Crippen LogP contribution in [0.25, 0.3) is 0 Å². The second kappa shape index (κ2) is 6.90. The predicted molar refractivity (Wildman–Crippen MR) is 99.0 cm³/mol. The fourth-order valence-corrected chi connectivity index (χ4v) is 5.39. The van der Waals surface area contributed by atoms with Gasteiger partial charge in [-0.05, 0) is 40.4 Å². The molecule has 1 aliphatic carbocycles. The van der Waals surface area contributed by atoms with E-state index >= 15 is 0 Å². The number of carbonyl (C=O) groups is 1. The van der Waals surface area contributed by atoms with Gasteiger partial charge in [0.1, 0.15) is 8.07 Å². The summed E-state index contributed by atoms with van der Waals surface area (Å²) in [6.45, 7) is 6.71. The number of hydrogen-bond donors (Lipinski definition) is 0. The third-order valence-corrected chi connectivity index (χ3v) is 6.67. The van der Waals surface area contributed by atoms with Crippen molar-refractivity contribution in [3.05, 3.63) is 20.3 Å². The van der Waals surface area contributed by atoms with E-state index in [1.54, 1.807) is 11.3 Å². The molecule has 0 N–H and O–H groups in total. The quantitative estimate of drug-likeness (QED) is 0.392. The average Bonchev–Trinajstić information content (AvgIpc) is 2.86. The lowest BCUT2D eigenvalue weighted by Gasteiger charge is -2.34. The molecule has 1 aromatic heterocycles. The molecule has 0 saturated heterocycles. The lowest BCUT2D eigenvalue weighted by atomic mass is 9.70. The van der Waals surface area contributed by atoms with Crippen molar-refractivity contribution < 1.29 is 9.53 Å². The van der Waals surface area contributed by atoms with E-state index in [4.69, 9.17) is 4.74 Å². The first-order chi connectivity index (χ1) is 10.3. The van der Waals surface area contributed by atoms with Crippen molar-refractivity contribution in [2.45, 2.75) is 57.2 Å². The van der Waals surface area contributed by atoms with Gasteiger partial charge in [-0.2, -0.15) is 0 Å². The molecule has 0 unspecified atom stereocenters. The lowest BCUT2D eigenvalue weighted by molar-refractivity contribution is -0.149. The first-order valence-electron chi connectivity index (χ1n) is 7.70. The normalized spacial score (nSPS) is 17.5. The van der Waals surface area contributed by atoms with E-state index in [0.29, 0.717) is 0 Å². The second-order valence-corrected chi connectivity index (χ2v) is 14.1. The summed E-state index contributed by atoms with van der Waals surface area (Å²) in [5.74, 6) is 3.21. The van der Waals surface area contributed by atoms with Crippen LogP contribution in [0.1, 0.15) is 42.5 Å². The number of hydrogen-bond acceptors (Lipinski definition) is 3. The number of halogens is 1. The summed E-state index contributed by atoms with van der Waals surface area (Å²) in [6, 6.07) is 2.10. The topological polar surface area (TPSA) is 26.3 Å². The highest BCUT2D eigenvalue weighted by Crippen LogP contribution is 2.46. The summed E-state index contributed by atoms with van der Waals surface area (Å²) in [5.41, 5.74) is 3.99. The maximum atomic E-state index is 12.5. The van der Waals surface area contributed by atoms with Gasteiger partial charge in [-0.15, -0.1) is 16.9 Å². The number of ether oxygens (including phenoxy) is 1. The van der Waals surface area contributed by atoms with Gasteiger partial charge in [-0.25, -0.2) is 0 Å². The molecule has 0 bridgehead atoms. The number of methoxy groups -OCH3 is 1. The van der Waals surface area contributed by atoms with Crippen molar-refractivity contribution in [2.75, 3.05) is 7.11 Å². The van der Waals surface area contributed by atoms with Crippen molar-refractivity contribution in [1.82, 2.24) is 0 Å². The summed E-state index contributed by atoms with van der Waals surface area (Å²) >= 11 is 5.29. The summed E-state index contributed by atoms with van der Waals surface area (Å²) < 4.78 is 6.17. The van der Waals surface area contributed by atoms with Crippen LogP contribution in [0.15, 0.2) is 9.85 Å². The minimum absolute atomic E-state index is 0.101. The summed E-state index contributed by atoms with van der Waals surface area (Å²) in [6.07, 6.45) is 5.09. The SMILES string of the molecule is COC(=O)C1(c2cc(C#C[Si](C)(C)C)sc2Br)CCCCC1. The van der Waals surface area contributed by atoms with Crippen LogP contribution in [-0.2, 0) is 14.9 Å². The zero-order valence-corrected chi connectivity index (χ0v) is 17.1.